The molecule has 0 saturated carbocycles. The predicted molar refractivity (Wildman–Crippen MR) is 137 cm³/mol. The summed E-state index contributed by atoms with van der Waals surface area (Å²) in [6, 6.07) is 15.9. The van der Waals surface area contributed by atoms with Crippen LogP contribution in [-0.4, -0.2) is 36.0 Å². The van der Waals surface area contributed by atoms with Gasteiger partial charge in [-0.3, -0.25) is 14.9 Å². The molecule has 0 spiro atoms. The van der Waals surface area contributed by atoms with Gasteiger partial charge >= 0.3 is 0 Å². The lowest BCUT2D eigenvalue weighted by Gasteiger charge is -2.06. The molecule has 6 aromatic rings. The highest BCUT2D eigenvalue weighted by Gasteiger charge is 2.16. The lowest BCUT2D eigenvalue weighted by Crippen LogP contribution is -2.09. The zero-order valence-electron chi connectivity index (χ0n) is 19.2. The van der Waals surface area contributed by atoms with E-state index in [1.807, 2.05) is 30.3 Å². The lowest BCUT2D eigenvalue weighted by atomic mass is 10.0. The van der Waals surface area contributed by atoms with Crippen molar-refractivity contribution in [2.24, 2.45) is 0 Å². The molecule has 1 amide bonds. The second-order valence-electron chi connectivity index (χ2n) is 8.34. The number of nitrogens with zero attached hydrogens (tertiary/aromatic N) is 4. The molecular formula is C27H20FN7O. The number of nitrogens with one attached hydrogen (secondary N) is 3. The molecule has 6 rings (SSSR count). The maximum atomic E-state index is 13.4. The van der Waals surface area contributed by atoms with Gasteiger partial charge < -0.3 is 10.3 Å². The predicted octanol–water partition coefficient (Wildman–Crippen LogP) is 5.72. The Hall–Kier alpha value is -4.92. The van der Waals surface area contributed by atoms with Gasteiger partial charge in [-0.25, -0.2) is 14.4 Å². The molecule has 0 fully saturated rings. The molecule has 9 heteroatoms. The zero-order valence-corrected chi connectivity index (χ0v) is 19.2. The molecule has 1 aromatic carbocycles. The highest BCUT2D eigenvalue weighted by Crippen LogP contribution is 2.33. The average Bonchev–Trinajstić information content (AvgIpc) is 3.53. The van der Waals surface area contributed by atoms with Crippen LogP contribution in [0.15, 0.2) is 73.2 Å². The van der Waals surface area contributed by atoms with Gasteiger partial charge in [-0.1, -0.05) is 19.1 Å². The second-order valence-corrected chi connectivity index (χ2v) is 8.34. The number of benzene rings is 1. The molecule has 176 valence electrons. The van der Waals surface area contributed by atoms with Crippen LogP contribution >= 0.6 is 0 Å². The first-order chi connectivity index (χ1) is 17.6. The Morgan fingerprint density at radius 1 is 1.03 bits per heavy atom. The van der Waals surface area contributed by atoms with Crippen LogP contribution in [0.3, 0.4) is 0 Å². The normalized spacial score (nSPS) is 11.3. The molecule has 36 heavy (non-hydrogen) atoms. The minimum absolute atomic E-state index is 0.0816. The summed E-state index contributed by atoms with van der Waals surface area (Å²) in [6.07, 6.45) is 5.42. The molecule has 0 atom stereocenters. The number of H-pyrrole nitrogens is 2. The summed E-state index contributed by atoms with van der Waals surface area (Å²) in [7, 11) is 0. The van der Waals surface area contributed by atoms with Crippen LogP contribution < -0.4 is 5.32 Å². The van der Waals surface area contributed by atoms with Gasteiger partial charge in [0.25, 0.3) is 0 Å². The summed E-state index contributed by atoms with van der Waals surface area (Å²) in [5.41, 5.74) is 7.49. The first-order valence-corrected chi connectivity index (χ1v) is 11.4. The van der Waals surface area contributed by atoms with Gasteiger partial charge in [0, 0.05) is 29.8 Å². The molecule has 0 unspecified atom stereocenters. The van der Waals surface area contributed by atoms with Crippen LogP contribution in [0.5, 0.6) is 0 Å². The molecule has 0 aliphatic heterocycles. The van der Waals surface area contributed by atoms with Crippen molar-refractivity contribution < 1.29 is 9.18 Å². The second kappa shape index (κ2) is 8.70. The number of halogens is 1. The fourth-order valence-corrected chi connectivity index (χ4v) is 4.18. The fraction of sp³-hybridized carbons (Fsp3) is 0.0741. The third-order valence-corrected chi connectivity index (χ3v) is 5.99. The Morgan fingerprint density at radius 3 is 2.72 bits per heavy atom. The summed E-state index contributed by atoms with van der Waals surface area (Å²) >= 11 is 0. The molecule has 8 nitrogen and oxygen atoms in total. The van der Waals surface area contributed by atoms with E-state index in [4.69, 9.17) is 4.98 Å². The minimum atomic E-state index is -0.280. The highest BCUT2D eigenvalue weighted by atomic mass is 19.1. The molecule has 0 saturated heterocycles. The number of aromatic amines is 2. The van der Waals surface area contributed by atoms with Crippen LogP contribution in [0, 0.1) is 5.82 Å². The summed E-state index contributed by atoms with van der Waals surface area (Å²) < 4.78 is 13.4. The highest BCUT2D eigenvalue weighted by molar-refractivity contribution is 5.99. The number of fused-ring (bicyclic) bond motifs is 2. The number of pyridine rings is 3. The SMILES string of the molecule is CCC(=O)Nc1cncc(-c2ccc3[nH]nc(-c4cc5c(-c6ccc(F)cc6)ccnc5[nH]4)c3n2)c1. The Kier molecular flexibility index (Phi) is 5.22. The third kappa shape index (κ3) is 3.86. The van der Waals surface area contributed by atoms with E-state index in [-0.39, 0.29) is 11.7 Å². The third-order valence-electron chi connectivity index (χ3n) is 5.99. The molecule has 0 radical (unpaired) electrons. The van der Waals surface area contributed by atoms with E-state index in [0.29, 0.717) is 34.7 Å². The van der Waals surface area contributed by atoms with Gasteiger partial charge in [-0.15, -0.1) is 0 Å². The number of carbonyl (C=O) groups excluding carboxylic acids is 1. The van der Waals surface area contributed by atoms with Crippen LogP contribution in [-0.2, 0) is 4.79 Å². The smallest absolute Gasteiger partial charge is 0.224 e. The van der Waals surface area contributed by atoms with Crippen molar-refractivity contribution in [2.45, 2.75) is 13.3 Å². The molecular weight excluding hydrogens is 457 g/mol. The van der Waals surface area contributed by atoms with Gasteiger partial charge in [0.2, 0.25) is 5.91 Å². The Bertz CT molecular complexity index is 1740. The van der Waals surface area contributed by atoms with Crippen molar-refractivity contribution >= 4 is 33.7 Å². The van der Waals surface area contributed by atoms with Gasteiger partial charge in [0.15, 0.2) is 0 Å². The molecule has 0 aliphatic carbocycles. The van der Waals surface area contributed by atoms with E-state index in [1.54, 1.807) is 37.6 Å². The van der Waals surface area contributed by atoms with Crippen molar-refractivity contribution in [3.05, 3.63) is 79.0 Å². The van der Waals surface area contributed by atoms with E-state index in [2.05, 4.69) is 30.5 Å². The van der Waals surface area contributed by atoms with Crippen molar-refractivity contribution in [1.29, 1.82) is 0 Å². The first kappa shape index (κ1) is 21.6. The standard InChI is InChI=1S/C27H20FN7O/c1-2-24(36)31-18-11-16(13-29-14-18)21-7-8-22-25(32-21)26(35-34-22)23-12-20-19(9-10-30-27(20)33-23)15-3-5-17(28)6-4-15/h3-14H,2H2,1H3,(H,30,33)(H,31,36)(H,34,35). The van der Waals surface area contributed by atoms with Crippen molar-refractivity contribution in [3.63, 3.8) is 0 Å². The largest absolute Gasteiger partial charge is 0.338 e. The summed E-state index contributed by atoms with van der Waals surface area (Å²) in [5, 5.41) is 11.3. The van der Waals surface area contributed by atoms with Gasteiger partial charge in [-0.2, -0.15) is 5.10 Å². The minimum Gasteiger partial charge on any atom is -0.338 e. The number of aromatic nitrogens is 6. The van der Waals surface area contributed by atoms with Crippen LogP contribution in [0.4, 0.5) is 10.1 Å². The van der Waals surface area contributed by atoms with Crippen molar-refractivity contribution in [3.8, 4) is 33.8 Å². The topological polar surface area (TPSA) is 112 Å². The number of carbonyl (C=O) groups is 1. The van der Waals surface area contributed by atoms with E-state index in [1.165, 1.54) is 12.1 Å². The Balaban J connectivity index is 1.42. The molecule has 5 aromatic heterocycles. The summed E-state index contributed by atoms with van der Waals surface area (Å²) in [6.45, 7) is 1.80. The Morgan fingerprint density at radius 2 is 1.89 bits per heavy atom. The average molecular weight is 478 g/mol. The monoisotopic (exact) mass is 477 g/mol. The summed E-state index contributed by atoms with van der Waals surface area (Å²) in [5.74, 6) is -0.362. The van der Waals surface area contributed by atoms with Crippen LogP contribution in [0.2, 0.25) is 0 Å². The Labute approximate surface area is 204 Å². The molecule has 3 N–H and O–H groups in total. The summed E-state index contributed by atoms with van der Waals surface area (Å²) in [4.78, 5) is 28.7. The zero-order chi connectivity index (χ0) is 24.6. The van der Waals surface area contributed by atoms with E-state index in [9.17, 15) is 9.18 Å². The van der Waals surface area contributed by atoms with E-state index >= 15 is 0 Å². The van der Waals surface area contributed by atoms with Crippen LogP contribution in [0.25, 0.3) is 55.8 Å². The quantitative estimate of drug-likeness (QED) is 0.294. The van der Waals surface area contributed by atoms with E-state index < -0.39 is 0 Å². The fourth-order valence-electron chi connectivity index (χ4n) is 4.18. The number of hydrogen-bond donors (Lipinski definition) is 3. The van der Waals surface area contributed by atoms with Crippen molar-refractivity contribution in [2.75, 3.05) is 5.32 Å². The van der Waals surface area contributed by atoms with Crippen LogP contribution in [0.1, 0.15) is 13.3 Å². The number of hydrogen-bond acceptors (Lipinski definition) is 5. The van der Waals surface area contributed by atoms with Gasteiger partial charge in [-0.05, 0) is 53.6 Å². The van der Waals surface area contributed by atoms with Crippen molar-refractivity contribution in [1.82, 2.24) is 30.1 Å². The maximum Gasteiger partial charge on any atom is 0.224 e. The number of amides is 1. The van der Waals surface area contributed by atoms with Gasteiger partial charge in [0.1, 0.15) is 22.7 Å². The molecule has 5 heterocycles. The molecule has 0 bridgehead atoms. The van der Waals surface area contributed by atoms with E-state index in [0.717, 1.165) is 33.3 Å². The number of rotatable bonds is 5. The maximum absolute atomic E-state index is 13.4. The first-order valence-electron chi connectivity index (χ1n) is 11.4. The lowest BCUT2D eigenvalue weighted by molar-refractivity contribution is -0.115. The van der Waals surface area contributed by atoms with Gasteiger partial charge in [0.05, 0.1) is 28.8 Å². The molecule has 0 aliphatic rings. The number of anilines is 1.